The van der Waals surface area contributed by atoms with Gasteiger partial charge in [0, 0.05) is 23.3 Å². The fraction of sp³-hybridized carbons (Fsp3) is 0.0909. The molecule has 1 aromatic heterocycles. The molecule has 0 saturated carbocycles. The normalized spacial score (nSPS) is 10.4. The monoisotopic (exact) mass is 186 g/mol. The minimum absolute atomic E-state index is 0.395. The highest BCUT2D eigenvalue weighted by molar-refractivity contribution is 5.99. The van der Waals surface area contributed by atoms with E-state index in [2.05, 4.69) is 4.98 Å². The summed E-state index contributed by atoms with van der Waals surface area (Å²) in [6.07, 6.45) is 3.45. The lowest BCUT2D eigenvalue weighted by molar-refractivity contribution is 0.1000. The van der Waals surface area contributed by atoms with Crippen LogP contribution in [0.5, 0.6) is 0 Å². The first-order valence-electron chi connectivity index (χ1n) is 4.32. The van der Waals surface area contributed by atoms with Gasteiger partial charge in [-0.1, -0.05) is 6.07 Å². The number of aryl methyl sites for hydroxylation is 1. The lowest BCUT2D eigenvalue weighted by atomic mass is 10.0. The van der Waals surface area contributed by atoms with Crippen molar-refractivity contribution in [3.05, 3.63) is 41.7 Å². The molecule has 0 unspecified atom stereocenters. The molecule has 0 fully saturated rings. The first kappa shape index (κ1) is 8.69. The minimum Gasteiger partial charge on any atom is -0.366 e. The predicted molar refractivity (Wildman–Crippen MR) is 55.0 cm³/mol. The highest BCUT2D eigenvalue weighted by Crippen LogP contribution is 2.18. The number of aromatic nitrogens is 1. The minimum atomic E-state index is -0.395. The van der Waals surface area contributed by atoms with Gasteiger partial charge in [-0.3, -0.25) is 9.78 Å². The number of hydrogen-bond acceptors (Lipinski definition) is 2. The lowest BCUT2D eigenvalue weighted by Crippen LogP contribution is -2.12. The standard InChI is InChI=1S/C11H10N2O/c1-7-4-8-2-3-13-6-9(8)5-10(7)11(12)14/h2-6H,1H3,(H2,12,14). The molecule has 2 N–H and O–H groups in total. The van der Waals surface area contributed by atoms with E-state index in [1.54, 1.807) is 18.5 Å². The molecule has 0 atom stereocenters. The smallest absolute Gasteiger partial charge is 0.248 e. The van der Waals surface area contributed by atoms with Gasteiger partial charge in [0.05, 0.1) is 0 Å². The fourth-order valence-corrected chi connectivity index (χ4v) is 1.52. The first-order valence-corrected chi connectivity index (χ1v) is 4.32. The van der Waals surface area contributed by atoms with Crippen molar-refractivity contribution in [1.29, 1.82) is 0 Å². The quantitative estimate of drug-likeness (QED) is 0.736. The van der Waals surface area contributed by atoms with E-state index in [0.717, 1.165) is 16.3 Å². The van der Waals surface area contributed by atoms with Crippen LogP contribution in [0.25, 0.3) is 10.8 Å². The molecule has 1 heterocycles. The maximum Gasteiger partial charge on any atom is 0.248 e. The summed E-state index contributed by atoms with van der Waals surface area (Å²) in [4.78, 5) is 15.1. The van der Waals surface area contributed by atoms with Gasteiger partial charge in [-0.15, -0.1) is 0 Å². The van der Waals surface area contributed by atoms with Crippen molar-refractivity contribution in [2.24, 2.45) is 5.73 Å². The Morgan fingerprint density at radius 1 is 1.36 bits per heavy atom. The van der Waals surface area contributed by atoms with Crippen LogP contribution in [0.2, 0.25) is 0 Å². The van der Waals surface area contributed by atoms with Gasteiger partial charge >= 0.3 is 0 Å². The first-order chi connectivity index (χ1) is 6.68. The molecular formula is C11H10N2O. The summed E-state index contributed by atoms with van der Waals surface area (Å²) >= 11 is 0. The van der Waals surface area contributed by atoms with Gasteiger partial charge < -0.3 is 5.73 Å². The number of nitrogens with two attached hydrogens (primary N) is 1. The number of nitrogens with zero attached hydrogens (tertiary/aromatic N) is 1. The van der Waals surface area contributed by atoms with Crippen molar-refractivity contribution in [2.45, 2.75) is 6.92 Å². The number of carbonyl (C=O) groups excluding carboxylic acids is 1. The van der Waals surface area contributed by atoms with Crippen LogP contribution in [0.3, 0.4) is 0 Å². The summed E-state index contributed by atoms with van der Waals surface area (Å²) in [5, 5.41) is 2.01. The predicted octanol–water partition coefficient (Wildman–Crippen LogP) is 1.64. The number of benzene rings is 1. The van der Waals surface area contributed by atoms with Gasteiger partial charge in [-0.05, 0) is 30.0 Å². The number of primary amides is 1. The number of pyridine rings is 1. The molecule has 2 aromatic rings. The van der Waals surface area contributed by atoms with Crippen LogP contribution < -0.4 is 5.73 Å². The van der Waals surface area contributed by atoms with E-state index < -0.39 is 5.91 Å². The molecule has 70 valence electrons. The van der Waals surface area contributed by atoms with Crippen molar-refractivity contribution in [3.8, 4) is 0 Å². The van der Waals surface area contributed by atoms with Gasteiger partial charge in [0.15, 0.2) is 0 Å². The SMILES string of the molecule is Cc1cc2ccncc2cc1C(N)=O. The maximum atomic E-state index is 11.1. The Morgan fingerprint density at radius 2 is 2.14 bits per heavy atom. The molecule has 0 aliphatic rings. The number of amides is 1. The molecule has 14 heavy (non-hydrogen) atoms. The molecule has 0 radical (unpaired) electrons. The van der Waals surface area contributed by atoms with Crippen LogP contribution in [0.4, 0.5) is 0 Å². The molecule has 0 aliphatic heterocycles. The van der Waals surface area contributed by atoms with E-state index in [4.69, 9.17) is 5.73 Å². The molecule has 3 nitrogen and oxygen atoms in total. The van der Waals surface area contributed by atoms with Crippen molar-refractivity contribution in [2.75, 3.05) is 0 Å². The third kappa shape index (κ3) is 1.33. The second-order valence-electron chi connectivity index (χ2n) is 3.25. The van der Waals surface area contributed by atoms with E-state index in [1.807, 2.05) is 19.1 Å². The Labute approximate surface area is 81.6 Å². The number of fused-ring (bicyclic) bond motifs is 1. The molecular weight excluding hydrogens is 176 g/mol. The second-order valence-corrected chi connectivity index (χ2v) is 3.25. The average Bonchev–Trinajstić information content (AvgIpc) is 2.16. The van der Waals surface area contributed by atoms with Crippen LogP contribution >= 0.6 is 0 Å². The van der Waals surface area contributed by atoms with Gasteiger partial charge in [0.25, 0.3) is 0 Å². The van der Waals surface area contributed by atoms with Crippen molar-refractivity contribution in [3.63, 3.8) is 0 Å². The molecule has 1 aromatic carbocycles. The van der Waals surface area contributed by atoms with Crippen LogP contribution in [-0.2, 0) is 0 Å². The molecule has 2 rings (SSSR count). The summed E-state index contributed by atoms with van der Waals surface area (Å²) in [5.41, 5.74) is 6.71. The van der Waals surface area contributed by atoms with Crippen LogP contribution in [0, 0.1) is 6.92 Å². The van der Waals surface area contributed by atoms with Crippen LogP contribution in [-0.4, -0.2) is 10.9 Å². The summed E-state index contributed by atoms with van der Waals surface area (Å²) in [7, 11) is 0. The van der Waals surface area contributed by atoms with Crippen molar-refractivity contribution < 1.29 is 4.79 Å². The summed E-state index contributed by atoms with van der Waals surface area (Å²) in [5.74, 6) is -0.395. The number of rotatable bonds is 1. The molecule has 0 saturated heterocycles. The van der Waals surface area contributed by atoms with Crippen molar-refractivity contribution in [1.82, 2.24) is 4.98 Å². The Morgan fingerprint density at radius 3 is 2.86 bits per heavy atom. The van der Waals surface area contributed by atoms with E-state index in [-0.39, 0.29) is 0 Å². The van der Waals surface area contributed by atoms with Gasteiger partial charge in [-0.2, -0.15) is 0 Å². The number of carbonyl (C=O) groups is 1. The van der Waals surface area contributed by atoms with Crippen LogP contribution in [0.15, 0.2) is 30.6 Å². The zero-order valence-electron chi connectivity index (χ0n) is 7.82. The Bertz CT molecular complexity index is 506. The van der Waals surface area contributed by atoms with E-state index in [0.29, 0.717) is 5.56 Å². The summed E-state index contributed by atoms with van der Waals surface area (Å²) in [6.45, 7) is 1.87. The Balaban J connectivity index is 2.77. The second kappa shape index (κ2) is 3.10. The zero-order valence-corrected chi connectivity index (χ0v) is 7.82. The van der Waals surface area contributed by atoms with Crippen LogP contribution in [0.1, 0.15) is 15.9 Å². The molecule has 0 spiro atoms. The Kier molecular flexibility index (Phi) is 1.93. The van der Waals surface area contributed by atoms with Gasteiger partial charge in [0.1, 0.15) is 0 Å². The molecule has 0 bridgehead atoms. The highest BCUT2D eigenvalue weighted by atomic mass is 16.1. The fourth-order valence-electron chi connectivity index (χ4n) is 1.52. The molecule has 0 aliphatic carbocycles. The zero-order chi connectivity index (χ0) is 10.1. The van der Waals surface area contributed by atoms with Crippen molar-refractivity contribution >= 4 is 16.7 Å². The third-order valence-electron chi connectivity index (χ3n) is 2.25. The largest absolute Gasteiger partial charge is 0.366 e. The van der Waals surface area contributed by atoms with Gasteiger partial charge in [-0.25, -0.2) is 0 Å². The van der Waals surface area contributed by atoms with E-state index in [9.17, 15) is 4.79 Å². The third-order valence-corrected chi connectivity index (χ3v) is 2.25. The summed E-state index contributed by atoms with van der Waals surface area (Å²) in [6, 6.07) is 5.63. The van der Waals surface area contributed by atoms with E-state index in [1.165, 1.54) is 0 Å². The lowest BCUT2D eigenvalue weighted by Gasteiger charge is -2.03. The highest BCUT2D eigenvalue weighted by Gasteiger charge is 2.05. The average molecular weight is 186 g/mol. The summed E-state index contributed by atoms with van der Waals surface area (Å²) < 4.78 is 0. The van der Waals surface area contributed by atoms with Gasteiger partial charge in [0.2, 0.25) is 5.91 Å². The number of hydrogen-bond donors (Lipinski definition) is 1. The van der Waals surface area contributed by atoms with E-state index >= 15 is 0 Å². The Hall–Kier alpha value is -1.90. The molecule has 3 heteroatoms. The molecule has 1 amide bonds. The topological polar surface area (TPSA) is 56.0 Å². The maximum absolute atomic E-state index is 11.1.